The van der Waals surface area contributed by atoms with Gasteiger partial charge in [-0.3, -0.25) is 10.1 Å². The lowest BCUT2D eigenvalue weighted by molar-refractivity contribution is -0.117. The first-order valence-electron chi connectivity index (χ1n) is 9.93. The summed E-state index contributed by atoms with van der Waals surface area (Å²) in [5, 5.41) is 5.61. The van der Waals surface area contributed by atoms with Crippen molar-refractivity contribution < 1.29 is 19.1 Å². The van der Waals surface area contributed by atoms with E-state index in [1.165, 1.54) is 11.8 Å². The van der Waals surface area contributed by atoms with Gasteiger partial charge in [0.05, 0.1) is 29.0 Å². The Balaban J connectivity index is 1.59. The van der Waals surface area contributed by atoms with Gasteiger partial charge in [-0.1, -0.05) is 42.1 Å². The number of imidazole rings is 1. The Labute approximate surface area is 184 Å². The molecular weight excluding hydrogens is 416 g/mol. The highest BCUT2D eigenvalue weighted by Gasteiger charge is 2.16. The highest BCUT2D eigenvalue weighted by Crippen LogP contribution is 2.25. The lowest BCUT2D eigenvalue weighted by atomic mass is 10.2. The van der Waals surface area contributed by atoms with Crippen LogP contribution in [0, 0.1) is 0 Å². The minimum absolute atomic E-state index is 0.0345. The van der Waals surface area contributed by atoms with Crippen LogP contribution in [0.4, 0.5) is 4.79 Å². The number of aromatic nitrogens is 2. The number of thioether (sulfide) groups is 1. The normalized spacial score (nSPS) is 10.6. The quantitative estimate of drug-likeness (QED) is 0.411. The summed E-state index contributed by atoms with van der Waals surface area (Å²) in [7, 11) is 0. The maximum absolute atomic E-state index is 12.2. The summed E-state index contributed by atoms with van der Waals surface area (Å²) in [6, 6.07) is 14.1. The number of amides is 3. The number of nitrogens with zero attached hydrogens (tertiary/aromatic N) is 2. The van der Waals surface area contributed by atoms with Gasteiger partial charge in [-0.05, 0) is 37.6 Å². The van der Waals surface area contributed by atoms with Gasteiger partial charge in [0.25, 0.3) is 0 Å². The van der Waals surface area contributed by atoms with Crippen LogP contribution in [0.25, 0.3) is 11.0 Å². The number of carbonyl (C=O) groups excluding carboxylic acids is 3. The summed E-state index contributed by atoms with van der Waals surface area (Å²) in [5.41, 5.74) is 2.88. The van der Waals surface area contributed by atoms with Crippen LogP contribution in [0.5, 0.6) is 0 Å². The van der Waals surface area contributed by atoms with Crippen LogP contribution in [-0.4, -0.2) is 39.8 Å². The van der Waals surface area contributed by atoms with Crippen LogP contribution >= 0.6 is 11.8 Å². The molecule has 2 aromatic carbocycles. The number of imide groups is 1. The lowest BCUT2D eigenvalue weighted by Crippen LogP contribution is -2.40. The molecule has 0 atom stereocenters. The van der Waals surface area contributed by atoms with Gasteiger partial charge in [0.15, 0.2) is 5.16 Å². The third kappa shape index (κ3) is 5.85. The molecule has 3 rings (SSSR count). The van der Waals surface area contributed by atoms with E-state index in [2.05, 4.69) is 15.6 Å². The predicted molar refractivity (Wildman–Crippen MR) is 119 cm³/mol. The van der Waals surface area contributed by atoms with Crippen molar-refractivity contribution in [2.24, 2.45) is 0 Å². The highest BCUT2D eigenvalue weighted by atomic mass is 32.2. The number of hydrogen-bond acceptors (Lipinski definition) is 6. The Morgan fingerprint density at radius 1 is 1.10 bits per heavy atom. The summed E-state index contributed by atoms with van der Waals surface area (Å²) in [5.74, 6) is -0.782. The monoisotopic (exact) mass is 440 g/mol. The summed E-state index contributed by atoms with van der Waals surface area (Å²) in [6.07, 6.45) is 0. The summed E-state index contributed by atoms with van der Waals surface area (Å²) in [6.45, 7) is 5.01. The maximum atomic E-state index is 12.2. The second kappa shape index (κ2) is 10.6. The molecule has 1 aromatic heterocycles. The smallest absolute Gasteiger partial charge is 0.338 e. The van der Waals surface area contributed by atoms with Crippen molar-refractivity contribution in [3.8, 4) is 0 Å². The van der Waals surface area contributed by atoms with E-state index in [9.17, 15) is 14.4 Å². The average molecular weight is 441 g/mol. The minimum atomic E-state index is -0.544. The zero-order valence-electron chi connectivity index (χ0n) is 17.4. The van der Waals surface area contributed by atoms with Crippen LogP contribution < -0.4 is 10.6 Å². The summed E-state index contributed by atoms with van der Waals surface area (Å²) >= 11 is 1.23. The number of urea groups is 1. The van der Waals surface area contributed by atoms with Crippen molar-refractivity contribution in [3.63, 3.8) is 0 Å². The van der Waals surface area contributed by atoms with Crippen molar-refractivity contribution in [1.29, 1.82) is 0 Å². The van der Waals surface area contributed by atoms with Gasteiger partial charge < -0.3 is 14.6 Å². The van der Waals surface area contributed by atoms with Crippen LogP contribution in [0.15, 0.2) is 53.7 Å². The maximum Gasteiger partial charge on any atom is 0.338 e. The predicted octanol–water partition coefficient (Wildman–Crippen LogP) is 3.35. The molecule has 162 valence electrons. The van der Waals surface area contributed by atoms with E-state index in [0.29, 0.717) is 35.9 Å². The van der Waals surface area contributed by atoms with Gasteiger partial charge in [-0.15, -0.1) is 0 Å². The lowest BCUT2D eigenvalue weighted by Gasteiger charge is -2.08. The SMILES string of the molecule is CCOC(=O)c1ccc2c(c1)nc(SCC(=O)NC(=O)NCc1ccccc1)n2CC. The molecular formula is C22H24N4O4S. The number of hydrogen-bond donors (Lipinski definition) is 2. The van der Waals surface area contributed by atoms with Gasteiger partial charge in [-0.25, -0.2) is 14.6 Å². The minimum Gasteiger partial charge on any atom is -0.462 e. The zero-order valence-corrected chi connectivity index (χ0v) is 18.2. The number of nitrogens with one attached hydrogen (secondary N) is 2. The topological polar surface area (TPSA) is 102 Å². The fraction of sp³-hybridized carbons (Fsp3) is 0.273. The van der Waals surface area contributed by atoms with E-state index in [1.54, 1.807) is 19.1 Å². The van der Waals surface area contributed by atoms with E-state index >= 15 is 0 Å². The third-order valence-corrected chi connectivity index (χ3v) is 5.40. The molecule has 0 aliphatic heterocycles. The summed E-state index contributed by atoms with van der Waals surface area (Å²) < 4.78 is 6.99. The van der Waals surface area contributed by atoms with Crippen LogP contribution in [-0.2, 0) is 22.6 Å². The fourth-order valence-corrected chi connectivity index (χ4v) is 3.86. The van der Waals surface area contributed by atoms with Crippen LogP contribution in [0.2, 0.25) is 0 Å². The first-order valence-corrected chi connectivity index (χ1v) is 10.9. The number of fused-ring (bicyclic) bond motifs is 1. The van der Waals surface area contributed by atoms with E-state index in [1.807, 2.05) is 47.9 Å². The van der Waals surface area contributed by atoms with Gasteiger partial charge in [0, 0.05) is 13.1 Å². The molecule has 0 saturated heterocycles. The number of benzene rings is 2. The van der Waals surface area contributed by atoms with Crippen LogP contribution in [0.3, 0.4) is 0 Å². The Morgan fingerprint density at radius 3 is 2.58 bits per heavy atom. The number of rotatable bonds is 8. The average Bonchev–Trinajstić information content (AvgIpc) is 3.13. The molecule has 0 fully saturated rings. The molecule has 8 nitrogen and oxygen atoms in total. The van der Waals surface area contributed by atoms with E-state index in [-0.39, 0.29) is 5.75 Å². The Bertz CT molecular complexity index is 1080. The van der Waals surface area contributed by atoms with Crippen molar-refractivity contribution >= 4 is 40.7 Å². The summed E-state index contributed by atoms with van der Waals surface area (Å²) in [4.78, 5) is 40.6. The van der Waals surface area contributed by atoms with Crippen molar-refractivity contribution in [3.05, 3.63) is 59.7 Å². The van der Waals surface area contributed by atoms with E-state index in [0.717, 1.165) is 11.1 Å². The van der Waals surface area contributed by atoms with Gasteiger partial charge >= 0.3 is 12.0 Å². The van der Waals surface area contributed by atoms with Crippen molar-refractivity contribution in [1.82, 2.24) is 20.2 Å². The molecule has 0 radical (unpaired) electrons. The number of esters is 1. The molecule has 1 heterocycles. The number of carbonyl (C=O) groups is 3. The van der Waals surface area contributed by atoms with Gasteiger partial charge in [-0.2, -0.15) is 0 Å². The standard InChI is InChI=1S/C22H24N4O4S/c1-3-26-18-11-10-16(20(28)30-4-2)12-17(18)24-22(26)31-14-19(27)25-21(29)23-13-15-8-6-5-7-9-15/h5-12H,3-4,13-14H2,1-2H3,(H2,23,25,27,29). The zero-order chi connectivity index (χ0) is 22.2. The second-order valence-corrected chi connectivity index (χ2v) is 7.51. The molecule has 31 heavy (non-hydrogen) atoms. The molecule has 9 heteroatoms. The Kier molecular flexibility index (Phi) is 7.66. The highest BCUT2D eigenvalue weighted by molar-refractivity contribution is 7.99. The molecule has 3 aromatic rings. The van der Waals surface area contributed by atoms with E-state index < -0.39 is 17.9 Å². The molecule has 0 spiro atoms. The third-order valence-electron chi connectivity index (χ3n) is 4.42. The van der Waals surface area contributed by atoms with E-state index in [4.69, 9.17) is 4.74 Å². The molecule has 0 aliphatic rings. The molecule has 0 unspecified atom stereocenters. The Hall–Kier alpha value is -3.33. The van der Waals surface area contributed by atoms with Gasteiger partial charge in [0.2, 0.25) is 5.91 Å². The molecule has 0 saturated carbocycles. The molecule has 0 bridgehead atoms. The first-order chi connectivity index (χ1) is 15.0. The van der Waals surface area contributed by atoms with Crippen molar-refractivity contribution in [2.75, 3.05) is 12.4 Å². The first kappa shape index (κ1) is 22.4. The van der Waals surface area contributed by atoms with Crippen molar-refractivity contribution in [2.45, 2.75) is 32.1 Å². The molecule has 3 amide bonds. The van der Waals surface area contributed by atoms with Crippen LogP contribution in [0.1, 0.15) is 29.8 Å². The van der Waals surface area contributed by atoms with Gasteiger partial charge in [0.1, 0.15) is 0 Å². The number of aryl methyl sites for hydroxylation is 1. The fourth-order valence-electron chi connectivity index (χ4n) is 2.98. The largest absolute Gasteiger partial charge is 0.462 e. The molecule has 2 N–H and O–H groups in total. The number of ether oxygens (including phenoxy) is 1. The Morgan fingerprint density at radius 2 is 1.87 bits per heavy atom. The second-order valence-electron chi connectivity index (χ2n) is 6.57. The molecule has 0 aliphatic carbocycles.